The van der Waals surface area contributed by atoms with Crippen molar-refractivity contribution < 1.29 is 0 Å². The molecule has 0 aliphatic rings. The zero-order valence-electron chi connectivity index (χ0n) is 14.5. The molecule has 0 bridgehead atoms. The molecular formula is C16H26IN5S2. The zero-order chi connectivity index (χ0) is 16.5. The lowest BCUT2D eigenvalue weighted by Crippen LogP contribution is -2.37. The number of aromatic nitrogens is 2. The first-order valence-electron chi connectivity index (χ1n) is 8.02. The molecule has 2 N–H and O–H groups in total. The van der Waals surface area contributed by atoms with E-state index in [0.29, 0.717) is 6.54 Å². The number of nitrogens with zero attached hydrogens (tertiary/aromatic N) is 3. The monoisotopic (exact) mass is 479 g/mol. The molecule has 0 unspecified atom stereocenters. The number of nitrogens with one attached hydrogen (secondary N) is 2. The lowest BCUT2D eigenvalue weighted by molar-refractivity contribution is 0.692. The van der Waals surface area contributed by atoms with Crippen LogP contribution in [0.3, 0.4) is 0 Å². The van der Waals surface area contributed by atoms with E-state index in [0.717, 1.165) is 49.0 Å². The van der Waals surface area contributed by atoms with E-state index >= 15 is 0 Å². The fourth-order valence-corrected chi connectivity index (χ4v) is 3.62. The summed E-state index contributed by atoms with van der Waals surface area (Å²) in [6.45, 7) is 8.61. The number of thiazole rings is 2. The average molecular weight is 479 g/mol. The Morgan fingerprint density at radius 1 is 1.21 bits per heavy atom. The van der Waals surface area contributed by atoms with Crippen LogP contribution in [0.15, 0.2) is 16.6 Å². The summed E-state index contributed by atoms with van der Waals surface area (Å²) < 4.78 is 0. The number of aliphatic imine (C=N–C) groups is 1. The lowest BCUT2D eigenvalue weighted by Gasteiger charge is -2.10. The van der Waals surface area contributed by atoms with E-state index in [-0.39, 0.29) is 24.0 Å². The van der Waals surface area contributed by atoms with Crippen LogP contribution in [0.25, 0.3) is 0 Å². The van der Waals surface area contributed by atoms with Crippen molar-refractivity contribution in [2.45, 2.75) is 46.6 Å². The Labute approximate surface area is 169 Å². The molecular weight excluding hydrogens is 453 g/mol. The Morgan fingerprint density at radius 3 is 2.67 bits per heavy atom. The number of aryl methyl sites for hydroxylation is 3. The lowest BCUT2D eigenvalue weighted by atomic mass is 10.2. The van der Waals surface area contributed by atoms with Crippen LogP contribution in [-0.4, -0.2) is 29.0 Å². The van der Waals surface area contributed by atoms with Crippen molar-refractivity contribution >= 4 is 52.6 Å². The first kappa shape index (κ1) is 21.3. The van der Waals surface area contributed by atoms with Crippen LogP contribution in [-0.2, 0) is 13.0 Å². The van der Waals surface area contributed by atoms with Crippen molar-refractivity contribution in [2.24, 2.45) is 4.99 Å². The molecule has 0 radical (unpaired) electrons. The maximum atomic E-state index is 4.59. The summed E-state index contributed by atoms with van der Waals surface area (Å²) in [7, 11) is 0. The van der Waals surface area contributed by atoms with Crippen LogP contribution in [0.2, 0.25) is 0 Å². The van der Waals surface area contributed by atoms with Gasteiger partial charge in [-0.05, 0) is 40.0 Å². The molecule has 2 heterocycles. The van der Waals surface area contributed by atoms with Crippen molar-refractivity contribution in [3.63, 3.8) is 0 Å². The van der Waals surface area contributed by atoms with Crippen molar-refractivity contribution in [2.75, 3.05) is 13.1 Å². The van der Waals surface area contributed by atoms with Gasteiger partial charge in [0.15, 0.2) is 5.96 Å². The topological polar surface area (TPSA) is 62.2 Å². The van der Waals surface area contributed by atoms with Gasteiger partial charge in [-0.2, -0.15) is 0 Å². The minimum Gasteiger partial charge on any atom is -0.357 e. The largest absolute Gasteiger partial charge is 0.357 e. The fourth-order valence-electron chi connectivity index (χ4n) is 2.09. The molecule has 0 aromatic carbocycles. The summed E-state index contributed by atoms with van der Waals surface area (Å²) in [5, 5.41) is 11.1. The van der Waals surface area contributed by atoms with Gasteiger partial charge in [0.05, 0.1) is 11.6 Å². The van der Waals surface area contributed by atoms with Crippen molar-refractivity contribution in [3.8, 4) is 0 Å². The number of guanidine groups is 1. The zero-order valence-corrected chi connectivity index (χ0v) is 18.4. The molecule has 0 saturated heterocycles. The minimum atomic E-state index is 0. The smallest absolute Gasteiger partial charge is 0.191 e. The number of hydrogen-bond donors (Lipinski definition) is 2. The van der Waals surface area contributed by atoms with Gasteiger partial charge in [-0.1, -0.05) is 0 Å². The summed E-state index contributed by atoms with van der Waals surface area (Å²) in [4.78, 5) is 14.7. The standard InChI is InChI=1S/C16H25N5S2.HI/c1-4-17-16(20-10-15-19-9-13(3)23-15)18-8-6-5-7-14-21-12(2)11-22-14;/h9,11H,4-8,10H2,1-3H3,(H2,17,18,20);1H. The molecule has 8 heteroatoms. The van der Waals surface area contributed by atoms with Crippen molar-refractivity contribution in [1.29, 1.82) is 0 Å². The van der Waals surface area contributed by atoms with Gasteiger partial charge in [0.25, 0.3) is 0 Å². The highest BCUT2D eigenvalue weighted by molar-refractivity contribution is 14.0. The molecule has 0 aliphatic heterocycles. The van der Waals surface area contributed by atoms with E-state index in [4.69, 9.17) is 0 Å². The SMILES string of the molecule is CCNC(=NCc1ncc(C)s1)NCCCCc1nc(C)cs1.I. The molecule has 24 heavy (non-hydrogen) atoms. The van der Waals surface area contributed by atoms with E-state index in [1.165, 1.54) is 9.88 Å². The molecule has 0 amide bonds. The highest BCUT2D eigenvalue weighted by atomic mass is 127. The highest BCUT2D eigenvalue weighted by Crippen LogP contribution is 2.12. The molecule has 2 rings (SSSR count). The van der Waals surface area contributed by atoms with E-state index < -0.39 is 0 Å². The molecule has 0 aliphatic carbocycles. The Hall–Kier alpha value is -0.740. The van der Waals surface area contributed by atoms with Gasteiger partial charge < -0.3 is 10.6 Å². The van der Waals surface area contributed by atoms with Crippen LogP contribution >= 0.6 is 46.7 Å². The van der Waals surface area contributed by atoms with E-state index in [1.807, 2.05) is 13.1 Å². The molecule has 2 aromatic heterocycles. The molecule has 2 aromatic rings. The van der Waals surface area contributed by atoms with Gasteiger partial charge in [0, 0.05) is 35.2 Å². The second kappa shape index (κ2) is 11.8. The molecule has 5 nitrogen and oxygen atoms in total. The predicted octanol–water partition coefficient (Wildman–Crippen LogP) is 3.91. The highest BCUT2D eigenvalue weighted by Gasteiger charge is 2.01. The van der Waals surface area contributed by atoms with Gasteiger partial charge in [0.2, 0.25) is 0 Å². The molecule has 0 saturated carbocycles. The predicted molar refractivity (Wildman–Crippen MR) is 115 cm³/mol. The number of unbranched alkanes of at least 4 members (excludes halogenated alkanes) is 1. The summed E-state index contributed by atoms with van der Waals surface area (Å²) in [6, 6.07) is 0. The van der Waals surface area contributed by atoms with E-state index in [1.54, 1.807) is 22.7 Å². The van der Waals surface area contributed by atoms with Crippen LogP contribution < -0.4 is 10.6 Å². The molecule has 134 valence electrons. The molecule has 0 atom stereocenters. The van der Waals surface area contributed by atoms with Crippen LogP contribution in [0.5, 0.6) is 0 Å². The first-order chi connectivity index (χ1) is 11.2. The second-order valence-electron chi connectivity index (χ2n) is 5.33. The summed E-state index contributed by atoms with van der Waals surface area (Å²) >= 11 is 3.46. The third kappa shape index (κ3) is 7.89. The summed E-state index contributed by atoms with van der Waals surface area (Å²) in [6.07, 6.45) is 5.22. The maximum absolute atomic E-state index is 4.59. The van der Waals surface area contributed by atoms with E-state index in [9.17, 15) is 0 Å². The quantitative estimate of drug-likeness (QED) is 0.261. The first-order valence-corrected chi connectivity index (χ1v) is 9.71. The van der Waals surface area contributed by atoms with Gasteiger partial charge in [-0.25, -0.2) is 15.0 Å². The Bertz CT molecular complexity index is 624. The average Bonchev–Trinajstić information content (AvgIpc) is 3.13. The summed E-state index contributed by atoms with van der Waals surface area (Å²) in [5.74, 6) is 0.866. The van der Waals surface area contributed by atoms with Crippen LogP contribution in [0.4, 0.5) is 0 Å². The van der Waals surface area contributed by atoms with Crippen molar-refractivity contribution in [3.05, 3.63) is 32.2 Å². The van der Waals surface area contributed by atoms with Crippen molar-refractivity contribution in [1.82, 2.24) is 20.6 Å². The fraction of sp³-hybridized carbons (Fsp3) is 0.562. The van der Waals surface area contributed by atoms with E-state index in [2.05, 4.69) is 44.8 Å². The Kier molecular flexibility index (Phi) is 10.4. The Balaban J connectivity index is 0.00000288. The normalized spacial score (nSPS) is 11.2. The third-order valence-electron chi connectivity index (χ3n) is 3.16. The van der Waals surface area contributed by atoms with Gasteiger partial charge >= 0.3 is 0 Å². The van der Waals surface area contributed by atoms with Gasteiger partial charge in [-0.15, -0.1) is 46.7 Å². The number of halogens is 1. The second-order valence-corrected chi connectivity index (χ2v) is 7.59. The van der Waals surface area contributed by atoms with Gasteiger partial charge in [-0.3, -0.25) is 0 Å². The van der Waals surface area contributed by atoms with Crippen LogP contribution in [0, 0.1) is 13.8 Å². The molecule has 0 spiro atoms. The van der Waals surface area contributed by atoms with Crippen LogP contribution in [0.1, 0.15) is 40.4 Å². The third-order valence-corrected chi connectivity index (χ3v) is 5.09. The maximum Gasteiger partial charge on any atom is 0.191 e. The minimum absolute atomic E-state index is 0. The Morgan fingerprint density at radius 2 is 2.04 bits per heavy atom. The molecule has 0 fully saturated rings. The van der Waals surface area contributed by atoms with Gasteiger partial charge in [0.1, 0.15) is 5.01 Å². The summed E-state index contributed by atoms with van der Waals surface area (Å²) in [5.41, 5.74) is 1.13. The number of hydrogen-bond acceptors (Lipinski definition) is 5. The number of rotatable bonds is 8.